The number of amides is 1. The van der Waals surface area contributed by atoms with Crippen LogP contribution in [0, 0.1) is 0 Å². The summed E-state index contributed by atoms with van der Waals surface area (Å²) in [6, 6.07) is 7.39. The first-order valence-electron chi connectivity index (χ1n) is 6.37. The zero-order valence-electron chi connectivity index (χ0n) is 12.2. The molecule has 2 aromatic rings. The number of carbonyl (C=O) groups is 1. The van der Waals surface area contributed by atoms with Crippen molar-refractivity contribution in [3.63, 3.8) is 0 Å². The molecule has 6 nitrogen and oxygen atoms in total. The Bertz CT molecular complexity index is 601. The Balaban J connectivity index is 2.31. The van der Waals surface area contributed by atoms with Gasteiger partial charge in [0, 0.05) is 25.1 Å². The third-order valence-electron chi connectivity index (χ3n) is 3.33. The average molecular weight is 287 g/mol. The van der Waals surface area contributed by atoms with E-state index < -0.39 is 5.60 Å². The minimum absolute atomic E-state index is 0.375. The second-order valence-corrected chi connectivity index (χ2v) is 4.54. The molecule has 0 aliphatic heterocycles. The van der Waals surface area contributed by atoms with Gasteiger partial charge in [-0.05, 0) is 12.5 Å². The van der Waals surface area contributed by atoms with Crippen LogP contribution in [0.1, 0.15) is 12.5 Å². The first kappa shape index (κ1) is 15.1. The van der Waals surface area contributed by atoms with Crippen molar-refractivity contribution in [2.45, 2.75) is 12.5 Å². The molecule has 0 fully saturated rings. The summed E-state index contributed by atoms with van der Waals surface area (Å²) in [7, 11) is 2.86. The third kappa shape index (κ3) is 3.07. The number of rotatable bonds is 5. The summed E-state index contributed by atoms with van der Waals surface area (Å²) in [4.78, 5) is 25.0. The van der Waals surface area contributed by atoms with Crippen molar-refractivity contribution in [3.05, 3.63) is 48.4 Å². The summed E-state index contributed by atoms with van der Waals surface area (Å²) in [5.41, 5.74) is 3.56. The maximum Gasteiger partial charge on any atom is 0.280 e. The molecule has 1 unspecified atom stereocenters. The van der Waals surface area contributed by atoms with Crippen LogP contribution in [0.25, 0.3) is 11.3 Å². The van der Waals surface area contributed by atoms with Crippen molar-refractivity contribution < 1.29 is 14.4 Å². The van der Waals surface area contributed by atoms with E-state index in [1.807, 2.05) is 24.3 Å². The second kappa shape index (κ2) is 6.43. The molecule has 1 aromatic carbocycles. The van der Waals surface area contributed by atoms with Crippen LogP contribution in [0.2, 0.25) is 0 Å². The lowest BCUT2D eigenvalue weighted by Crippen LogP contribution is -2.43. The Hall–Kier alpha value is -2.31. The molecular formula is C15H17N3O3. The molecule has 1 atom stereocenters. The minimum atomic E-state index is -1.13. The monoisotopic (exact) mass is 287 g/mol. The minimum Gasteiger partial charge on any atom is -0.364 e. The smallest absolute Gasteiger partial charge is 0.280 e. The van der Waals surface area contributed by atoms with E-state index in [-0.39, 0.29) is 5.91 Å². The molecule has 21 heavy (non-hydrogen) atoms. The number of ether oxygens (including phenoxy) is 1. The Labute approximate surface area is 123 Å². The number of hydrogen-bond donors (Lipinski definition) is 1. The molecule has 6 heteroatoms. The van der Waals surface area contributed by atoms with Crippen LogP contribution < -0.4 is 5.48 Å². The molecule has 0 spiro atoms. The fourth-order valence-corrected chi connectivity index (χ4v) is 1.94. The molecule has 0 saturated heterocycles. The van der Waals surface area contributed by atoms with Gasteiger partial charge in [-0.25, -0.2) is 5.48 Å². The topological polar surface area (TPSA) is 73.3 Å². The average Bonchev–Trinajstić information content (AvgIpc) is 2.55. The maximum atomic E-state index is 12.1. The molecule has 1 N–H and O–H groups in total. The van der Waals surface area contributed by atoms with Crippen LogP contribution >= 0.6 is 0 Å². The predicted octanol–water partition coefficient (Wildman–Crippen LogP) is 1.68. The van der Waals surface area contributed by atoms with Crippen LogP contribution in [-0.2, 0) is 20.0 Å². The Kier molecular flexibility index (Phi) is 4.62. The van der Waals surface area contributed by atoms with Gasteiger partial charge in [0.2, 0.25) is 0 Å². The molecule has 0 saturated carbocycles. The van der Waals surface area contributed by atoms with Crippen LogP contribution in [0.4, 0.5) is 0 Å². The summed E-state index contributed by atoms with van der Waals surface area (Å²) in [5, 5.41) is 0. The first-order valence-corrected chi connectivity index (χ1v) is 6.37. The van der Waals surface area contributed by atoms with E-state index >= 15 is 0 Å². The van der Waals surface area contributed by atoms with E-state index in [1.54, 1.807) is 25.5 Å². The molecule has 0 aliphatic rings. The number of nitrogens with one attached hydrogen (secondary N) is 1. The highest BCUT2D eigenvalue weighted by molar-refractivity contribution is 5.85. The van der Waals surface area contributed by atoms with Gasteiger partial charge < -0.3 is 4.74 Å². The Morgan fingerprint density at radius 2 is 1.90 bits per heavy atom. The van der Waals surface area contributed by atoms with Crippen LogP contribution in [-0.4, -0.2) is 30.1 Å². The van der Waals surface area contributed by atoms with Gasteiger partial charge in [0.1, 0.15) is 0 Å². The quantitative estimate of drug-likeness (QED) is 0.847. The Morgan fingerprint density at radius 3 is 2.43 bits per heavy atom. The lowest BCUT2D eigenvalue weighted by Gasteiger charge is -2.26. The zero-order valence-corrected chi connectivity index (χ0v) is 12.2. The van der Waals surface area contributed by atoms with Gasteiger partial charge in [-0.1, -0.05) is 24.3 Å². The standard InChI is InChI=1S/C15H17N3O3/c1-15(20-2,14(19)18-21-3)12-6-4-11(5-7-12)13-10-16-8-9-17-13/h4-10H,1-3H3,(H,18,19). The molecule has 110 valence electrons. The van der Waals surface area contributed by atoms with Crippen LogP contribution in [0.15, 0.2) is 42.9 Å². The SMILES string of the molecule is CONC(=O)C(C)(OC)c1ccc(-c2cnccn2)cc1. The molecule has 0 radical (unpaired) electrons. The number of benzene rings is 1. The van der Waals surface area contributed by atoms with E-state index in [0.29, 0.717) is 5.56 Å². The molecular weight excluding hydrogens is 270 g/mol. The van der Waals surface area contributed by atoms with Crippen molar-refractivity contribution in [2.75, 3.05) is 14.2 Å². The van der Waals surface area contributed by atoms with E-state index in [4.69, 9.17) is 4.74 Å². The molecule has 0 bridgehead atoms. The number of nitrogens with zero attached hydrogens (tertiary/aromatic N) is 2. The van der Waals surface area contributed by atoms with E-state index in [9.17, 15) is 4.79 Å². The molecule has 1 heterocycles. The molecule has 2 rings (SSSR count). The van der Waals surface area contributed by atoms with Crippen molar-refractivity contribution in [1.29, 1.82) is 0 Å². The lowest BCUT2D eigenvalue weighted by atomic mass is 9.93. The van der Waals surface area contributed by atoms with E-state index in [0.717, 1.165) is 11.3 Å². The van der Waals surface area contributed by atoms with Gasteiger partial charge in [0.05, 0.1) is 19.0 Å². The van der Waals surface area contributed by atoms with Crippen LogP contribution in [0.3, 0.4) is 0 Å². The highest BCUT2D eigenvalue weighted by atomic mass is 16.6. The van der Waals surface area contributed by atoms with Gasteiger partial charge in [-0.2, -0.15) is 0 Å². The second-order valence-electron chi connectivity index (χ2n) is 4.54. The third-order valence-corrected chi connectivity index (χ3v) is 3.33. The normalized spacial score (nSPS) is 13.5. The zero-order chi connectivity index (χ0) is 15.3. The maximum absolute atomic E-state index is 12.1. The summed E-state index contributed by atoms with van der Waals surface area (Å²) in [6.07, 6.45) is 4.94. The number of methoxy groups -OCH3 is 1. The fraction of sp³-hybridized carbons (Fsp3) is 0.267. The van der Waals surface area contributed by atoms with Crippen molar-refractivity contribution >= 4 is 5.91 Å². The molecule has 1 amide bonds. The number of carbonyl (C=O) groups excluding carboxylic acids is 1. The highest BCUT2D eigenvalue weighted by Crippen LogP contribution is 2.27. The highest BCUT2D eigenvalue weighted by Gasteiger charge is 2.35. The Morgan fingerprint density at radius 1 is 1.19 bits per heavy atom. The van der Waals surface area contributed by atoms with Gasteiger partial charge in [-0.15, -0.1) is 0 Å². The number of hydrogen-bond acceptors (Lipinski definition) is 5. The first-order chi connectivity index (χ1) is 10.1. The van der Waals surface area contributed by atoms with Crippen molar-refractivity contribution in [3.8, 4) is 11.3 Å². The molecule has 1 aromatic heterocycles. The van der Waals surface area contributed by atoms with Gasteiger partial charge in [0.25, 0.3) is 5.91 Å². The van der Waals surface area contributed by atoms with Gasteiger partial charge in [-0.3, -0.25) is 19.6 Å². The summed E-state index contributed by atoms with van der Waals surface area (Å²) < 4.78 is 5.36. The lowest BCUT2D eigenvalue weighted by molar-refractivity contribution is -0.153. The number of aromatic nitrogens is 2. The van der Waals surface area contributed by atoms with E-state index in [1.165, 1.54) is 14.2 Å². The van der Waals surface area contributed by atoms with Crippen LogP contribution in [0.5, 0.6) is 0 Å². The van der Waals surface area contributed by atoms with Crippen molar-refractivity contribution in [2.24, 2.45) is 0 Å². The predicted molar refractivity (Wildman–Crippen MR) is 77.0 cm³/mol. The molecule has 0 aliphatic carbocycles. The largest absolute Gasteiger partial charge is 0.364 e. The fourth-order valence-electron chi connectivity index (χ4n) is 1.94. The van der Waals surface area contributed by atoms with Crippen molar-refractivity contribution in [1.82, 2.24) is 15.4 Å². The van der Waals surface area contributed by atoms with Gasteiger partial charge in [0.15, 0.2) is 5.60 Å². The van der Waals surface area contributed by atoms with E-state index in [2.05, 4.69) is 20.3 Å². The summed E-state index contributed by atoms with van der Waals surface area (Å²) in [6.45, 7) is 1.68. The van der Waals surface area contributed by atoms with Gasteiger partial charge >= 0.3 is 0 Å². The summed E-state index contributed by atoms with van der Waals surface area (Å²) in [5.74, 6) is -0.375. The number of hydroxylamine groups is 1. The summed E-state index contributed by atoms with van der Waals surface area (Å²) >= 11 is 0.